The Morgan fingerprint density at radius 1 is 1.30 bits per heavy atom. The summed E-state index contributed by atoms with van der Waals surface area (Å²) in [5, 5.41) is 8.09. The monoisotopic (exact) mass is 276 g/mol. The fourth-order valence-electron chi connectivity index (χ4n) is 2.41. The van der Waals surface area contributed by atoms with Gasteiger partial charge in [-0.2, -0.15) is 0 Å². The van der Waals surface area contributed by atoms with Crippen LogP contribution in [0, 0.1) is 0 Å². The summed E-state index contributed by atoms with van der Waals surface area (Å²) in [4.78, 5) is 23.6. The Morgan fingerprint density at radius 3 is 2.75 bits per heavy atom. The summed E-state index contributed by atoms with van der Waals surface area (Å²) in [6, 6.07) is 0. The summed E-state index contributed by atoms with van der Waals surface area (Å²) < 4.78 is 1.63. The van der Waals surface area contributed by atoms with Gasteiger partial charge in [0.05, 0.1) is 6.54 Å². The molecule has 9 nitrogen and oxygen atoms in total. The Labute approximate surface area is 115 Å². The molecule has 0 radical (unpaired) electrons. The standard InChI is InChI=1S/C11H16N8O/c1-17-10-9(15-16-17)11(14-7-13-10)19-4-2-18(3-5-19)6-8(12)20/h7H,2-6H2,1H3,(H2,12,20). The highest BCUT2D eigenvalue weighted by Gasteiger charge is 2.22. The first-order valence-corrected chi connectivity index (χ1v) is 6.41. The lowest BCUT2D eigenvalue weighted by Crippen LogP contribution is -2.49. The molecule has 0 bridgehead atoms. The maximum Gasteiger partial charge on any atom is 0.231 e. The number of amides is 1. The van der Waals surface area contributed by atoms with Gasteiger partial charge in [-0.05, 0) is 0 Å². The zero-order valence-corrected chi connectivity index (χ0v) is 11.2. The van der Waals surface area contributed by atoms with Crippen molar-refractivity contribution < 1.29 is 4.79 Å². The molecule has 0 spiro atoms. The maximum atomic E-state index is 10.9. The number of fused-ring (bicyclic) bond motifs is 1. The van der Waals surface area contributed by atoms with Gasteiger partial charge in [0, 0.05) is 33.2 Å². The first-order valence-electron chi connectivity index (χ1n) is 6.41. The Hall–Kier alpha value is -2.29. The van der Waals surface area contributed by atoms with E-state index in [2.05, 4.69) is 25.2 Å². The molecular formula is C11H16N8O. The predicted molar refractivity (Wildman–Crippen MR) is 71.9 cm³/mol. The normalized spacial score (nSPS) is 16.8. The lowest BCUT2D eigenvalue weighted by atomic mass is 10.3. The van der Waals surface area contributed by atoms with Crippen LogP contribution in [0.15, 0.2) is 6.33 Å². The van der Waals surface area contributed by atoms with E-state index >= 15 is 0 Å². The largest absolute Gasteiger partial charge is 0.369 e. The quantitative estimate of drug-likeness (QED) is 0.717. The van der Waals surface area contributed by atoms with E-state index in [1.807, 2.05) is 4.90 Å². The number of carbonyl (C=O) groups is 1. The van der Waals surface area contributed by atoms with Gasteiger partial charge in [-0.15, -0.1) is 5.10 Å². The molecule has 106 valence electrons. The van der Waals surface area contributed by atoms with Gasteiger partial charge in [0.15, 0.2) is 17.0 Å². The second kappa shape index (κ2) is 5.00. The van der Waals surface area contributed by atoms with Gasteiger partial charge >= 0.3 is 0 Å². The SMILES string of the molecule is Cn1nnc2c(N3CCN(CC(N)=O)CC3)ncnc21. The van der Waals surface area contributed by atoms with Crippen LogP contribution in [0.3, 0.4) is 0 Å². The highest BCUT2D eigenvalue weighted by Crippen LogP contribution is 2.20. The minimum absolute atomic E-state index is 0.295. The zero-order valence-electron chi connectivity index (χ0n) is 11.2. The molecule has 1 fully saturated rings. The summed E-state index contributed by atoms with van der Waals surface area (Å²) in [7, 11) is 1.80. The van der Waals surface area contributed by atoms with Crippen molar-refractivity contribution in [1.29, 1.82) is 0 Å². The number of rotatable bonds is 3. The van der Waals surface area contributed by atoms with E-state index in [1.54, 1.807) is 11.7 Å². The van der Waals surface area contributed by atoms with Crippen LogP contribution in [0.5, 0.6) is 0 Å². The van der Waals surface area contributed by atoms with E-state index in [1.165, 1.54) is 6.33 Å². The molecule has 9 heteroatoms. The van der Waals surface area contributed by atoms with E-state index in [0.717, 1.165) is 37.6 Å². The van der Waals surface area contributed by atoms with Gasteiger partial charge in [-0.3, -0.25) is 9.69 Å². The van der Waals surface area contributed by atoms with Crippen LogP contribution in [0.4, 0.5) is 5.82 Å². The minimum Gasteiger partial charge on any atom is -0.369 e. The van der Waals surface area contributed by atoms with Crippen LogP contribution in [-0.4, -0.2) is 68.5 Å². The topological polar surface area (TPSA) is 106 Å². The van der Waals surface area contributed by atoms with Crippen molar-refractivity contribution in [2.24, 2.45) is 12.8 Å². The molecule has 1 amide bonds. The Bertz CT molecular complexity index is 630. The van der Waals surface area contributed by atoms with Crippen LogP contribution in [-0.2, 0) is 11.8 Å². The average molecular weight is 276 g/mol. The number of carbonyl (C=O) groups excluding carboxylic acids is 1. The first-order chi connectivity index (χ1) is 9.65. The first kappa shape index (κ1) is 12.7. The predicted octanol–water partition coefficient (Wildman–Crippen LogP) is -1.63. The van der Waals surface area contributed by atoms with E-state index < -0.39 is 0 Å². The van der Waals surface area contributed by atoms with E-state index in [0.29, 0.717) is 12.1 Å². The van der Waals surface area contributed by atoms with Crippen molar-refractivity contribution in [3.05, 3.63) is 6.33 Å². The summed E-state index contributed by atoms with van der Waals surface area (Å²) in [6.45, 7) is 3.40. The smallest absolute Gasteiger partial charge is 0.231 e. The number of hydrogen-bond acceptors (Lipinski definition) is 7. The number of aromatic nitrogens is 5. The molecular weight excluding hydrogens is 260 g/mol. The van der Waals surface area contributed by atoms with E-state index in [-0.39, 0.29) is 5.91 Å². The molecule has 0 aliphatic carbocycles. The van der Waals surface area contributed by atoms with Crippen LogP contribution in [0.1, 0.15) is 0 Å². The molecule has 2 aromatic heterocycles. The molecule has 0 unspecified atom stereocenters. The van der Waals surface area contributed by atoms with E-state index in [9.17, 15) is 4.79 Å². The maximum absolute atomic E-state index is 10.9. The van der Waals surface area contributed by atoms with Gasteiger partial charge in [0.1, 0.15) is 6.33 Å². The fraction of sp³-hybridized carbons (Fsp3) is 0.545. The second-order valence-electron chi connectivity index (χ2n) is 4.81. The summed E-state index contributed by atoms with van der Waals surface area (Å²) in [5.74, 6) is 0.499. The number of nitrogens with two attached hydrogens (primary N) is 1. The molecule has 2 aromatic rings. The molecule has 20 heavy (non-hydrogen) atoms. The Balaban J connectivity index is 1.78. The lowest BCUT2D eigenvalue weighted by molar-refractivity contribution is -0.119. The van der Waals surface area contributed by atoms with Crippen molar-refractivity contribution in [3.8, 4) is 0 Å². The molecule has 0 saturated carbocycles. The number of nitrogens with zero attached hydrogens (tertiary/aromatic N) is 7. The van der Waals surface area contributed by atoms with Crippen molar-refractivity contribution in [1.82, 2.24) is 29.9 Å². The number of aryl methyl sites for hydroxylation is 1. The highest BCUT2D eigenvalue weighted by molar-refractivity contribution is 5.82. The van der Waals surface area contributed by atoms with Crippen LogP contribution >= 0.6 is 0 Å². The summed E-state index contributed by atoms with van der Waals surface area (Å²) >= 11 is 0. The molecule has 0 atom stereocenters. The van der Waals surface area contributed by atoms with Crippen molar-refractivity contribution in [2.75, 3.05) is 37.6 Å². The molecule has 3 rings (SSSR count). The highest BCUT2D eigenvalue weighted by atomic mass is 16.1. The number of primary amides is 1. The van der Waals surface area contributed by atoms with Crippen LogP contribution in [0.2, 0.25) is 0 Å². The van der Waals surface area contributed by atoms with Crippen molar-refractivity contribution in [2.45, 2.75) is 0 Å². The van der Waals surface area contributed by atoms with Gasteiger partial charge < -0.3 is 10.6 Å². The van der Waals surface area contributed by atoms with Gasteiger partial charge in [-0.1, -0.05) is 5.21 Å². The zero-order chi connectivity index (χ0) is 14.1. The minimum atomic E-state index is -0.295. The molecule has 3 heterocycles. The fourth-order valence-corrected chi connectivity index (χ4v) is 2.41. The van der Waals surface area contributed by atoms with E-state index in [4.69, 9.17) is 5.73 Å². The third-order valence-electron chi connectivity index (χ3n) is 3.42. The Morgan fingerprint density at radius 2 is 2.05 bits per heavy atom. The van der Waals surface area contributed by atoms with Gasteiger partial charge in [-0.25, -0.2) is 14.6 Å². The molecule has 1 aliphatic heterocycles. The molecule has 1 saturated heterocycles. The molecule has 0 aromatic carbocycles. The van der Waals surface area contributed by atoms with Crippen LogP contribution < -0.4 is 10.6 Å². The molecule has 1 aliphatic rings. The number of piperazine rings is 1. The summed E-state index contributed by atoms with van der Waals surface area (Å²) in [6.07, 6.45) is 1.52. The summed E-state index contributed by atoms with van der Waals surface area (Å²) in [5.41, 5.74) is 6.63. The van der Waals surface area contributed by atoms with Crippen LogP contribution in [0.25, 0.3) is 11.2 Å². The van der Waals surface area contributed by atoms with Gasteiger partial charge in [0.25, 0.3) is 0 Å². The van der Waals surface area contributed by atoms with Crippen molar-refractivity contribution in [3.63, 3.8) is 0 Å². The lowest BCUT2D eigenvalue weighted by Gasteiger charge is -2.34. The molecule has 2 N–H and O–H groups in total. The average Bonchev–Trinajstić information content (AvgIpc) is 2.81. The third kappa shape index (κ3) is 2.27. The van der Waals surface area contributed by atoms with Gasteiger partial charge in [0.2, 0.25) is 5.91 Å². The second-order valence-corrected chi connectivity index (χ2v) is 4.81. The number of hydrogen-bond donors (Lipinski definition) is 1. The third-order valence-corrected chi connectivity index (χ3v) is 3.42. The number of anilines is 1. The van der Waals surface area contributed by atoms with Crippen molar-refractivity contribution >= 4 is 22.9 Å². The Kier molecular flexibility index (Phi) is 3.18.